The lowest BCUT2D eigenvalue weighted by molar-refractivity contribution is 0.329. The smallest absolute Gasteiger partial charge is 0.0570 e. The Morgan fingerprint density at radius 2 is 2.12 bits per heavy atom. The minimum atomic E-state index is 0.375. The van der Waals surface area contributed by atoms with E-state index in [0.717, 1.165) is 18.2 Å². The summed E-state index contributed by atoms with van der Waals surface area (Å²) in [4.78, 5) is 4.38. The second-order valence-electron chi connectivity index (χ2n) is 5.22. The molecule has 0 amide bonds. The highest BCUT2D eigenvalue weighted by molar-refractivity contribution is 5.07. The van der Waals surface area contributed by atoms with Crippen molar-refractivity contribution in [3.8, 4) is 0 Å². The predicted molar refractivity (Wildman–Crippen MR) is 71.8 cm³/mol. The zero-order chi connectivity index (χ0) is 11.9. The molecule has 1 aromatic heterocycles. The molecule has 1 N–H and O–H groups in total. The van der Waals surface area contributed by atoms with E-state index in [1.165, 1.54) is 38.5 Å². The van der Waals surface area contributed by atoms with E-state index in [1.807, 2.05) is 12.3 Å². The minimum Gasteiger partial charge on any atom is -0.309 e. The van der Waals surface area contributed by atoms with Crippen molar-refractivity contribution in [2.24, 2.45) is 5.92 Å². The molecule has 1 heterocycles. The van der Waals surface area contributed by atoms with Gasteiger partial charge in [0.1, 0.15) is 0 Å². The number of hydrogen-bond donors (Lipinski definition) is 1. The van der Waals surface area contributed by atoms with Gasteiger partial charge >= 0.3 is 0 Å². The van der Waals surface area contributed by atoms with E-state index < -0.39 is 0 Å². The molecule has 0 unspecified atom stereocenters. The van der Waals surface area contributed by atoms with Crippen LogP contribution in [0.3, 0.4) is 0 Å². The van der Waals surface area contributed by atoms with Gasteiger partial charge in [-0.2, -0.15) is 0 Å². The van der Waals surface area contributed by atoms with Crippen LogP contribution in [0.4, 0.5) is 0 Å². The zero-order valence-corrected chi connectivity index (χ0v) is 10.9. The Kier molecular flexibility index (Phi) is 4.99. The molecular weight excluding hydrogens is 208 g/mol. The number of hydrogen-bond acceptors (Lipinski definition) is 2. The first-order valence-electron chi connectivity index (χ1n) is 7.00. The highest BCUT2D eigenvalue weighted by atomic mass is 14.9. The second-order valence-corrected chi connectivity index (χ2v) is 5.22. The molecule has 2 nitrogen and oxygen atoms in total. The Balaban J connectivity index is 1.67. The number of nitrogens with zero attached hydrogens (tertiary/aromatic N) is 1. The number of rotatable bonds is 5. The van der Waals surface area contributed by atoms with Gasteiger partial charge in [0.25, 0.3) is 0 Å². The summed E-state index contributed by atoms with van der Waals surface area (Å²) in [5.74, 6) is 0.965. The van der Waals surface area contributed by atoms with Gasteiger partial charge in [-0.15, -0.1) is 0 Å². The molecule has 1 atom stereocenters. The molecular formula is C15H24N2. The fourth-order valence-electron chi connectivity index (χ4n) is 2.72. The molecule has 1 aliphatic carbocycles. The summed E-state index contributed by atoms with van der Waals surface area (Å²) < 4.78 is 0. The second kappa shape index (κ2) is 6.75. The number of aromatic nitrogens is 1. The topological polar surface area (TPSA) is 24.9 Å². The maximum absolute atomic E-state index is 4.38. The van der Waals surface area contributed by atoms with E-state index in [4.69, 9.17) is 0 Å². The summed E-state index contributed by atoms with van der Waals surface area (Å²) in [6.45, 7) is 3.33. The maximum atomic E-state index is 4.38. The molecule has 2 rings (SSSR count). The fraction of sp³-hybridized carbons (Fsp3) is 0.667. The van der Waals surface area contributed by atoms with Gasteiger partial charge in [-0.25, -0.2) is 0 Å². The van der Waals surface area contributed by atoms with Crippen LogP contribution in [0, 0.1) is 5.92 Å². The average Bonchev–Trinajstić information content (AvgIpc) is 2.41. The van der Waals surface area contributed by atoms with Crippen LogP contribution in [0.2, 0.25) is 0 Å². The Hall–Kier alpha value is -0.890. The quantitative estimate of drug-likeness (QED) is 0.837. The van der Waals surface area contributed by atoms with Crippen molar-refractivity contribution in [2.75, 3.05) is 6.54 Å². The van der Waals surface area contributed by atoms with E-state index in [-0.39, 0.29) is 0 Å². The lowest BCUT2D eigenvalue weighted by atomic mass is 9.87. The van der Waals surface area contributed by atoms with Crippen LogP contribution < -0.4 is 5.32 Å². The van der Waals surface area contributed by atoms with Crippen LogP contribution >= 0.6 is 0 Å². The molecule has 1 aromatic rings. The SMILES string of the molecule is C[C@H](NCCC1CCCCC1)c1ccccn1. The molecule has 1 saturated carbocycles. The van der Waals surface area contributed by atoms with E-state index in [9.17, 15) is 0 Å². The van der Waals surface area contributed by atoms with Crippen LogP contribution in [0.25, 0.3) is 0 Å². The fourth-order valence-corrected chi connectivity index (χ4v) is 2.72. The van der Waals surface area contributed by atoms with Crippen LogP contribution in [0.5, 0.6) is 0 Å². The summed E-state index contributed by atoms with van der Waals surface area (Å²) in [7, 11) is 0. The Morgan fingerprint density at radius 1 is 1.29 bits per heavy atom. The van der Waals surface area contributed by atoms with Crippen molar-refractivity contribution in [1.82, 2.24) is 10.3 Å². The van der Waals surface area contributed by atoms with E-state index in [0.29, 0.717) is 6.04 Å². The van der Waals surface area contributed by atoms with Crippen molar-refractivity contribution in [1.29, 1.82) is 0 Å². The third-order valence-electron chi connectivity index (χ3n) is 3.86. The van der Waals surface area contributed by atoms with Crippen molar-refractivity contribution in [2.45, 2.75) is 51.5 Å². The van der Waals surface area contributed by atoms with E-state index in [2.05, 4.69) is 29.4 Å². The monoisotopic (exact) mass is 232 g/mol. The third kappa shape index (κ3) is 4.12. The summed E-state index contributed by atoms with van der Waals surface area (Å²) in [6.07, 6.45) is 10.4. The van der Waals surface area contributed by atoms with Gasteiger partial charge in [-0.05, 0) is 37.9 Å². The first-order chi connectivity index (χ1) is 8.36. The van der Waals surface area contributed by atoms with Crippen LogP contribution in [0.1, 0.15) is 57.2 Å². The van der Waals surface area contributed by atoms with Gasteiger partial charge in [0.05, 0.1) is 5.69 Å². The highest BCUT2D eigenvalue weighted by Gasteiger charge is 2.13. The zero-order valence-electron chi connectivity index (χ0n) is 10.9. The molecule has 0 aliphatic heterocycles. The van der Waals surface area contributed by atoms with Crippen molar-refractivity contribution in [3.63, 3.8) is 0 Å². The van der Waals surface area contributed by atoms with Gasteiger partial charge in [0.15, 0.2) is 0 Å². The van der Waals surface area contributed by atoms with Gasteiger partial charge in [-0.3, -0.25) is 4.98 Å². The number of pyridine rings is 1. The molecule has 1 fully saturated rings. The van der Waals surface area contributed by atoms with Crippen molar-refractivity contribution < 1.29 is 0 Å². The largest absolute Gasteiger partial charge is 0.309 e. The molecule has 0 radical (unpaired) electrons. The lowest BCUT2D eigenvalue weighted by Crippen LogP contribution is -2.23. The average molecular weight is 232 g/mol. The Bertz CT molecular complexity index is 304. The maximum Gasteiger partial charge on any atom is 0.0570 e. The van der Waals surface area contributed by atoms with Gasteiger partial charge < -0.3 is 5.32 Å². The summed E-state index contributed by atoms with van der Waals surface area (Å²) in [5, 5.41) is 3.58. The standard InChI is InChI=1S/C15H24N2/c1-13(15-9-5-6-11-17-15)16-12-10-14-7-3-2-4-8-14/h5-6,9,11,13-14,16H,2-4,7-8,10,12H2,1H3/t13-/m0/s1. The molecule has 0 spiro atoms. The molecule has 17 heavy (non-hydrogen) atoms. The summed E-state index contributed by atoms with van der Waals surface area (Å²) in [5.41, 5.74) is 1.15. The molecule has 94 valence electrons. The molecule has 2 heteroatoms. The van der Waals surface area contributed by atoms with E-state index in [1.54, 1.807) is 0 Å². The third-order valence-corrected chi connectivity index (χ3v) is 3.86. The molecule has 0 saturated heterocycles. The van der Waals surface area contributed by atoms with E-state index >= 15 is 0 Å². The number of nitrogens with one attached hydrogen (secondary N) is 1. The lowest BCUT2D eigenvalue weighted by Gasteiger charge is -2.22. The van der Waals surface area contributed by atoms with Gasteiger partial charge in [-0.1, -0.05) is 38.2 Å². The Labute approximate surface area is 105 Å². The minimum absolute atomic E-state index is 0.375. The molecule has 1 aliphatic rings. The Morgan fingerprint density at radius 3 is 2.82 bits per heavy atom. The van der Waals surface area contributed by atoms with Gasteiger partial charge in [0.2, 0.25) is 0 Å². The first kappa shape index (κ1) is 12.6. The first-order valence-corrected chi connectivity index (χ1v) is 7.00. The predicted octanol–water partition coefficient (Wildman–Crippen LogP) is 3.70. The van der Waals surface area contributed by atoms with Crippen molar-refractivity contribution in [3.05, 3.63) is 30.1 Å². The molecule has 0 bridgehead atoms. The normalized spacial score (nSPS) is 19.1. The van der Waals surface area contributed by atoms with Crippen molar-refractivity contribution >= 4 is 0 Å². The van der Waals surface area contributed by atoms with Crippen LogP contribution in [-0.4, -0.2) is 11.5 Å². The van der Waals surface area contributed by atoms with Crippen LogP contribution in [-0.2, 0) is 0 Å². The van der Waals surface area contributed by atoms with Crippen LogP contribution in [0.15, 0.2) is 24.4 Å². The van der Waals surface area contributed by atoms with Gasteiger partial charge in [0, 0.05) is 12.2 Å². The summed E-state index contributed by atoms with van der Waals surface area (Å²) >= 11 is 0. The molecule has 0 aromatic carbocycles. The highest BCUT2D eigenvalue weighted by Crippen LogP contribution is 2.25. The summed E-state index contributed by atoms with van der Waals surface area (Å²) in [6, 6.07) is 6.50.